The van der Waals surface area contributed by atoms with Crippen molar-refractivity contribution in [2.75, 3.05) is 17.8 Å². The second kappa shape index (κ2) is 6.88. The first-order valence-corrected chi connectivity index (χ1v) is 9.84. The summed E-state index contributed by atoms with van der Waals surface area (Å²) in [4.78, 5) is 14.5. The summed E-state index contributed by atoms with van der Waals surface area (Å²) >= 11 is 0. The van der Waals surface area contributed by atoms with Crippen LogP contribution in [0.1, 0.15) is 34.3 Å². The van der Waals surface area contributed by atoms with Crippen LogP contribution in [-0.2, 0) is 10.0 Å². The second-order valence-corrected chi connectivity index (χ2v) is 8.11. The van der Waals surface area contributed by atoms with E-state index in [9.17, 15) is 13.2 Å². The largest absolute Gasteiger partial charge is 0.339 e. The summed E-state index contributed by atoms with van der Waals surface area (Å²) in [5.41, 5.74) is 2.50. The lowest BCUT2D eigenvalue weighted by atomic mass is 10.1. The molecule has 25 heavy (non-hydrogen) atoms. The van der Waals surface area contributed by atoms with Crippen molar-refractivity contribution in [3.63, 3.8) is 0 Å². The topological polar surface area (TPSA) is 66.5 Å². The number of likely N-dealkylation sites (tertiary alicyclic amines) is 1. The zero-order valence-corrected chi connectivity index (χ0v) is 15.3. The summed E-state index contributed by atoms with van der Waals surface area (Å²) in [5.74, 6) is -0.107. The molecule has 6 heteroatoms. The molecule has 0 atom stereocenters. The van der Waals surface area contributed by atoms with Crippen molar-refractivity contribution in [1.82, 2.24) is 4.90 Å². The third-order valence-corrected chi connectivity index (χ3v) is 5.91. The van der Waals surface area contributed by atoms with Gasteiger partial charge in [-0.3, -0.25) is 9.52 Å². The highest BCUT2D eigenvalue weighted by atomic mass is 32.2. The average Bonchev–Trinajstić information content (AvgIpc) is 3.08. The Bertz CT molecular complexity index is 901. The van der Waals surface area contributed by atoms with Gasteiger partial charge in [0, 0.05) is 24.3 Å². The van der Waals surface area contributed by atoms with Gasteiger partial charge in [0.2, 0.25) is 0 Å². The Morgan fingerprint density at radius 3 is 2.44 bits per heavy atom. The van der Waals surface area contributed by atoms with Crippen molar-refractivity contribution >= 4 is 21.6 Å². The van der Waals surface area contributed by atoms with Gasteiger partial charge in [0.05, 0.1) is 4.90 Å². The number of carbonyl (C=O) groups excluding carboxylic acids is 1. The van der Waals surface area contributed by atoms with Gasteiger partial charge in [-0.05, 0) is 62.1 Å². The number of amides is 1. The van der Waals surface area contributed by atoms with Gasteiger partial charge in [-0.25, -0.2) is 8.42 Å². The predicted molar refractivity (Wildman–Crippen MR) is 98.3 cm³/mol. The molecule has 1 N–H and O–H groups in total. The van der Waals surface area contributed by atoms with Gasteiger partial charge in [0.15, 0.2) is 0 Å². The lowest BCUT2D eigenvalue weighted by Gasteiger charge is -2.17. The minimum absolute atomic E-state index is 0.107. The molecular formula is C19H22N2O3S. The lowest BCUT2D eigenvalue weighted by molar-refractivity contribution is 0.0792. The van der Waals surface area contributed by atoms with E-state index in [-0.39, 0.29) is 10.8 Å². The van der Waals surface area contributed by atoms with Crippen molar-refractivity contribution in [1.29, 1.82) is 0 Å². The number of rotatable bonds is 4. The van der Waals surface area contributed by atoms with E-state index >= 15 is 0 Å². The van der Waals surface area contributed by atoms with E-state index in [1.54, 1.807) is 42.2 Å². The number of anilines is 1. The van der Waals surface area contributed by atoms with Gasteiger partial charge < -0.3 is 4.90 Å². The van der Waals surface area contributed by atoms with Gasteiger partial charge >= 0.3 is 0 Å². The molecule has 1 amide bonds. The van der Waals surface area contributed by atoms with E-state index in [2.05, 4.69) is 4.72 Å². The van der Waals surface area contributed by atoms with Crippen molar-refractivity contribution in [2.24, 2.45) is 0 Å². The number of carbonyl (C=O) groups is 1. The van der Waals surface area contributed by atoms with E-state index in [4.69, 9.17) is 0 Å². The van der Waals surface area contributed by atoms with Gasteiger partial charge in [-0.15, -0.1) is 0 Å². The summed E-state index contributed by atoms with van der Waals surface area (Å²) < 4.78 is 28.2. The fraction of sp³-hybridized carbons (Fsp3) is 0.316. The minimum atomic E-state index is -3.76. The molecule has 2 aromatic rings. The Labute approximate surface area is 148 Å². The molecule has 0 radical (unpaired) electrons. The zero-order chi connectivity index (χ0) is 18.0. The predicted octanol–water partition coefficient (Wildman–Crippen LogP) is 3.34. The highest BCUT2D eigenvalue weighted by Gasteiger charge is 2.23. The Morgan fingerprint density at radius 2 is 1.76 bits per heavy atom. The number of aryl methyl sites for hydroxylation is 2. The number of sulfonamides is 1. The van der Waals surface area contributed by atoms with Gasteiger partial charge in [0.1, 0.15) is 0 Å². The van der Waals surface area contributed by atoms with Crippen LogP contribution in [0.4, 0.5) is 5.69 Å². The first kappa shape index (κ1) is 17.5. The standard InChI is InChI=1S/C19H22N2O3S/c1-14-6-5-7-17(12-14)20-25(23,24)18-13-16(9-8-15(18)2)19(22)21-10-3-4-11-21/h5-9,12-13,20H,3-4,10-11H2,1-2H3. The summed E-state index contributed by atoms with van der Waals surface area (Å²) in [7, 11) is -3.76. The Morgan fingerprint density at radius 1 is 1.04 bits per heavy atom. The monoisotopic (exact) mass is 358 g/mol. The van der Waals surface area contributed by atoms with E-state index in [0.29, 0.717) is 16.8 Å². The number of benzene rings is 2. The van der Waals surface area contributed by atoms with Crippen LogP contribution in [0.3, 0.4) is 0 Å². The maximum atomic E-state index is 12.8. The SMILES string of the molecule is Cc1cccc(NS(=O)(=O)c2cc(C(=O)N3CCCC3)ccc2C)c1. The highest BCUT2D eigenvalue weighted by molar-refractivity contribution is 7.92. The van der Waals surface area contributed by atoms with Gasteiger partial charge in [-0.1, -0.05) is 18.2 Å². The van der Waals surface area contributed by atoms with Crippen LogP contribution in [0.5, 0.6) is 0 Å². The third-order valence-electron chi connectivity index (χ3n) is 4.39. The number of hydrogen-bond acceptors (Lipinski definition) is 3. The molecule has 0 saturated carbocycles. The molecule has 1 aliphatic heterocycles. The normalized spacial score (nSPS) is 14.6. The lowest BCUT2D eigenvalue weighted by Crippen LogP contribution is -2.28. The van der Waals surface area contributed by atoms with Crippen molar-refractivity contribution in [3.8, 4) is 0 Å². The Kier molecular flexibility index (Phi) is 4.81. The molecule has 1 heterocycles. The smallest absolute Gasteiger partial charge is 0.262 e. The van der Waals surface area contributed by atoms with E-state index in [1.807, 2.05) is 13.0 Å². The maximum Gasteiger partial charge on any atom is 0.262 e. The van der Waals surface area contributed by atoms with E-state index in [1.165, 1.54) is 6.07 Å². The number of nitrogens with one attached hydrogen (secondary N) is 1. The van der Waals surface area contributed by atoms with Crippen LogP contribution < -0.4 is 4.72 Å². The Hall–Kier alpha value is -2.34. The van der Waals surface area contributed by atoms with Crippen LogP contribution in [0, 0.1) is 13.8 Å². The molecule has 0 unspecified atom stereocenters. The van der Waals surface area contributed by atoms with E-state index < -0.39 is 10.0 Å². The summed E-state index contributed by atoms with van der Waals surface area (Å²) in [6.07, 6.45) is 2.00. The molecule has 1 aliphatic rings. The summed E-state index contributed by atoms with van der Waals surface area (Å²) in [6.45, 7) is 5.10. The fourth-order valence-corrected chi connectivity index (χ4v) is 4.37. The maximum absolute atomic E-state index is 12.8. The molecule has 1 fully saturated rings. The third kappa shape index (κ3) is 3.85. The average molecular weight is 358 g/mol. The van der Waals surface area contributed by atoms with Crippen molar-refractivity contribution in [2.45, 2.75) is 31.6 Å². The first-order valence-electron chi connectivity index (χ1n) is 8.36. The van der Waals surface area contributed by atoms with Crippen molar-refractivity contribution in [3.05, 3.63) is 59.2 Å². The molecule has 3 rings (SSSR count). The molecule has 2 aromatic carbocycles. The van der Waals surface area contributed by atoms with Crippen molar-refractivity contribution < 1.29 is 13.2 Å². The van der Waals surface area contributed by atoms with Crippen LogP contribution in [-0.4, -0.2) is 32.3 Å². The van der Waals surface area contributed by atoms with Gasteiger partial charge in [-0.2, -0.15) is 0 Å². The van der Waals surface area contributed by atoms with Crippen LogP contribution in [0.2, 0.25) is 0 Å². The molecule has 0 aliphatic carbocycles. The van der Waals surface area contributed by atoms with Gasteiger partial charge in [0.25, 0.3) is 15.9 Å². The molecule has 0 spiro atoms. The molecule has 5 nitrogen and oxygen atoms in total. The molecule has 0 aromatic heterocycles. The molecule has 132 valence electrons. The molecule has 0 bridgehead atoms. The zero-order valence-electron chi connectivity index (χ0n) is 14.5. The van der Waals surface area contributed by atoms with Crippen LogP contribution >= 0.6 is 0 Å². The fourth-order valence-electron chi connectivity index (χ4n) is 3.04. The first-order chi connectivity index (χ1) is 11.9. The second-order valence-electron chi connectivity index (χ2n) is 6.45. The number of hydrogen-bond donors (Lipinski definition) is 1. The van der Waals surface area contributed by atoms with E-state index in [0.717, 1.165) is 31.5 Å². The summed E-state index contributed by atoms with van der Waals surface area (Å²) in [5, 5.41) is 0. The molecule has 1 saturated heterocycles. The summed E-state index contributed by atoms with van der Waals surface area (Å²) in [6, 6.07) is 12.0. The van der Waals surface area contributed by atoms with Crippen LogP contribution in [0.25, 0.3) is 0 Å². The van der Waals surface area contributed by atoms with Crippen LogP contribution in [0.15, 0.2) is 47.4 Å². The minimum Gasteiger partial charge on any atom is -0.339 e. The number of nitrogens with zero attached hydrogens (tertiary/aromatic N) is 1. The molecular weight excluding hydrogens is 336 g/mol. The Balaban J connectivity index is 1.92. The highest BCUT2D eigenvalue weighted by Crippen LogP contribution is 2.23. The quantitative estimate of drug-likeness (QED) is 0.911.